The van der Waals surface area contributed by atoms with Crippen molar-refractivity contribution in [2.24, 2.45) is 5.73 Å². The first-order valence-electron chi connectivity index (χ1n) is 7.27. The number of rotatable bonds is 2. The number of carbonyl (C=O) groups excluding carboxylic acids is 1. The third-order valence-electron chi connectivity index (χ3n) is 4.04. The van der Waals surface area contributed by atoms with E-state index < -0.39 is 0 Å². The Balaban J connectivity index is 0.00000176. The van der Waals surface area contributed by atoms with E-state index in [4.69, 9.17) is 5.73 Å². The lowest BCUT2D eigenvalue weighted by Crippen LogP contribution is -2.38. The Morgan fingerprint density at radius 2 is 1.77 bits per heavy atom. The quantitative estimate of drug-likeness (QED) is 0.894. The highest BCUT2D eigenvalue weighted by molar-refractivity contribution is 5.95. The minimum Gasteiger partial charge on any atom is -0.344 e. The summed E-state index contributed by atoms with van der Waals surface area (Å²) in [5, 5.41) is 3.09. The highest BCUT2D eigenvalue weighted by atomic mass is 35.5. The van der Waals surface area contributed by atoms with E-state index in [-0.39, 0.29) is 30.4 Å². The van der Waals surface area contributed by atoms with Gasteiger partial charge in [-0.05, 0) is 43.5 Å². The number of fused-ring (bicyclic) bond motifs is 1. The molecule has 2 atom stereocenters. The molecule has 0 spiro atoms. The van der Waals surface area contributed by atoms with Crippen LogP contribution < -0.4 is 11.1 Å². The molecule has 0 fully saturated rings. The smallest absolute Gasteiger partial charge is 0.251 e. The summed E-state index contributed by atoms with van der Waals surface area (Å²) in [6.45, 7) is 4.00. The normalized spacial score (nSPS) is 19.2. The Labute approximate surface area is 137 Å². The molecule has 0 aromatic heterocycles. The summed E-state index contributed by atoms with van der Waals surface area (Å²) >= 11 is 0. The van der Waals surface area contributed by atoms with Crippen molar-refractivity contribution in [1.82, 2.24) is 5.32 Å². The molecule has 0 bridgehead atoms. The topological polar surface area (TPSA) is 55.1 Å². The van der Waals surface area contributed by atoms with Crippen LogP contribution in [0.15, 0.2) is 42.5 Å². The van der Waals surface area contributed by atoms with Gasteiger partial charge in [0.2, 0.25) is 0 Å². The Bertz CT molecular complexity index is 679. The molecule has 0 saturated heterocycles. The second-order valence-corrected chi connectivity index (χ2v) is 5.89. The van der Waals surface area contributed by atoms with Crippen LogP contribution in [0.2, 0.25) is 0 Å². The molecular formula is C18H21ClN2O. The van der Waals surface area contributed by atoms with E-state index in [1.165, 1.54) is 5.56 Å². The number of benzene rings is 2. The van der Waals surface area contributed by atoms with Gasteiger partial charge in [0.05, 0.1) is 6.04 Å². The molecule has 1 aliphatic rings. The van der Waals surface area contributed by atoms with E-state index in [0.717, 1.165) is 23.1 Å². The SMILES string of the molecule is Cc1cc(C)cc(C(=O)N[C@@H]2c3ccccc3C[C@H]2N)c1.Cl. The zero-order chi connectivity index (χ0) is 15.0. The van der Waals surface area contributed by atoms with Gasteiger partial charge in [0, 0.05) is 11.6 Å². The van der Waals surface area contributed by atoms with Crippen molar-refractivity contribution in [3.63, 3.8) is 0 Å². The molecule has 3 rings (SSSR count). The third kappa shape index (κ3) is 3.16. The lowest BCUT2D eigenvalue weighted by atomic mass is 10.0. The van der Waals surface area contributed by atoms with Gasteiger partial charge in [-0.25, -0.2) is 0 Å². The van der Waals surface area contributed by atoms with Crippen molar-refractivity contribution in [3.05, 3.63) is 70.3 Å². The number of carbonyl (C=O) groups is 1. The van der Waals surface area contributed by atoms with Gasteiger partial charge in [-0.15, -0.1) is 12.4 Å². The van der Waals surface area contributed by atoms with Crippen molar-refractivity contribution in [3.8, 4) is 0 Å². The predicted octanol–water partition coefficient (Wildman–Crippen LogP) is 3.08. The van der Waals surface area contributed by atoms with Gasteiger partial charge < -0.3 is 11.1 Å². The Morgan fingerprint density at radius 1 is 1.14 bits per heavy atom. The minimum atomic E-state index is -0.102. The van der Waals surface area contributed by atoms with Gasteiger partial charge in [-0.2, -0.15) is 0 Å². The van der Waals surface area contributed by atoms with Gasteiger partial charge in [0.15, 0.2) is 0 Å². The number of nitrogens with one attached hydrogen (secondary N) is 1. The van der Waals surface area contributed by atoms with Crippen molar-refractivity contribution in [1.29, 1.82) is 0 Å². The molecule has 0 heterocycles. The maximum absolute atomic E-state index is 12.5. The fourth-order valence-corrected chi connectivity index (χ4v) is 3.14. The van der Waals surface area contributed by atoms with Crippen LogP contribution in [0.4, 0.5) is 0 Å². The van der Waals surface area contributed by atoms with Crippen molar-refractivity contribution >= 4 is 18.3 Å². The molecule has 4 heteroatoms. The van der Waals surface area contributed by atoms with E-state index in [9.17, 15) is 4.79 Å². The van der Waals surface area contributed by atoms with Gasteiger partial charge in [0.25, 0.3) is 5.91 Å². The number of hydrogen-bond donors (Lipinski definition) is 2. The zero-order valence-electron chi connectivity index (χ0n) is 12.8. The Morgan fingerprint density at radius 3 is 2.45 bits per heavy atom. The van der Waals surface area contributed by atoms with Crippen molar-refractivity contribution in [2.75, 3.05) is 0 Å². The van der Waals surface area contributed by atoms with Gasteiger partial charge in [-0.1, -0.05) is 41.5 Å². The highest BCUT2D eigenvalue weighted by Crippen LogP contribution is 2.30. The monoisotopic (exact) mass is 316 g/mol. The molecule has 22 heavy (non-hydrogen) atoms. The molecule has 116 valence electrons. The number of halogens is 1. The summed E-state index contributed by atoms with van der Waals surface area (Å²) in [7, 11) is 0. The molecule has 0 unspecified atom stereocenters. The second-order valence-electron chi connectivity index (χ2n) is 5.89. The molecule has 0 saturated carbocycles. The second kappa shape index (κ2) is 6.51. The average Bonchev–Trinajstić information content (AvgIpc) is 2.74. The maximum Gasteiger partial charge on any atom is 0.251 e. The van der Waals surface area contributed by atoms with Crippen LogP contribution >= 0.6 is 12.4 Å². The summed E-state index contributed by atoms with van der Waals surface area (Å²) in [5.74, 6) is -0.0565. The molecule has 2 aromatic rings. The lowest BCUT2D eigenvalue weighted by molar-refractivity contribution is 0.0933. The fourth-order valence-electron chi connectivity index (χ4n) is 3.14. The van der Waals surface area contributed by atoms with E-state index in [1.54, 1.807) is 0 Å². The van der Waals surface area contributed by atoms with Crippen LogP contribution in [0, 0.1) is 13.8 Å². The fraction of sp³-hybridized carbons (Fsp3) is 0.278. The highest BCUT2D eigenvalue weighted by Gasteiger charge is 2.30. The Hall–Kier alpha value is -1.84. The van der Waals surface area contributed by atoms with E-state index in [2.05, 4.69) is 23.5 Å². The van der Waals surface area contributed by atoms with Crippen LogP contribution in [0.5, 0.6) is 0 Å². The number of nitrogens with two attached hydrogens (primary N) is 1. The summed E-state index contributed by atoms with van der Waals surface area (Å²) in [6, 6.07) is 13.9. The van der Waals surface area contributed by atoms with Crippen LogP contribution in [0.25, 0.3) is 0 Å². The summed E-state index contributed by atoms with van der Waals surface area (Å²) in [6.07, 6.45) is 0.813. The lowest BCUT2D eigenvalue weighted by Gasteiger charge is -2.19. The standard InChI is InChI=1S/C18H20N2O.ClH/c1-11-7-12(2)9-14(8-11)18(21)20-17-15-6-4-3-5-13(15)10-16(17)19;/h3-9,16-17H,10,19H2,1-2H3,(H,20,21);1H/t16-,17-;/m1./s1. The molecule has 3 N–H and O–H groups in total. The van der Waals surface area contributed by atoms with Crippen LogP contribution in [0.3, 0.4) is 0 Å². The summed E-state index contributed by atoms with van der Waals surface area (Å²) in [4.78, 5) is 12.5. The van der Waals surface area contributed by atoms with Crippen molar-refractivity contribution < 1.29 is 4.79 Å². The molecule has 1 amide bonds. The maximum atomic E-state index is 12.5. The van der Waals surface area contributed by atoms with Gasteiger partial charge in [0.1, 0.15) is 0 Å². The van der Waals surface area contributed by atoms with Crippen LogP contribution in [-0.4, -0.2) is 11.9 Å². The zero-order valence-corrected chi connectivity index (χ0v) is 13.6. The van der Waals surface area contributed by atoms with Crippen molar-refractivity contribution in [2.45, 2.75) is 32.4 Å². The molecular weight excluding hydrogens is 296 g/mol. The van der Waals surface area contributed by atoms with E-state index >= 15 is 0 Å². The van der Waals surface area contributed by atoms with Gasteiger partial charge >= 0.3 is 0 Å². The first-order chi connectivity index (χ1) is 10.0. The van der Waals surface area contributed by atoms with Crippen LogP contribution in [0.1, 0.15) is 38.7 Å². The molecule has 0 aliphatic heterocycles. The number of hydrogen-bond acceptors (Lipinski definition) is 2. The summed E-state index contributed by atoms with van der Waals surface area (Å²) < 4.78 is 0. The molecule has 2 aromatic carbocycles. The third-order valence-corrected chi connectivity index (χ3v) is 4.04. The first kappa shape index (κ1) is 16.5. The van der Waals surface area contributed by atoms with Gasteiger partial charge in [-0.3, -0.25) is 4.79 Å². The number of amides is 1. The number of aryl methyl sites for hydroxylation is 2. The average molecular weight is 317 g/mol. The molecule has 3 nitrogen and oxygen atoms in total. The molecule has 1 aliphatic carbocycles. The summed E-state index contributed by atoms with van der Waals surface area (Å²) in [5.41, 5.74) is 11.5. The minimum absolute atomic E-state index is 0. The Kier molecular flexibility index (Phi) is 4.89. The molecule has 0 radical (unpaired) electrons. The van der Waals surface area contributed by atoms with Crippen LogP contribution in [-0.2, 0) is 6.42 Å². The predicted molar refractivity (Wildman–Crippen MR) is 91.5 cm³/mol. The first-order valence-corrected chi connectivity index (χ1v) is 7.27. The van der Waals surface area contributed by atoms with E-state index in [1.807, 2.05) is 38.1 Å². The van der Waals surface area contributed by atoms with E-state index in [0.29, 0.717) is 5.56 Å². The largest absolute Gasteiger partial charge is 0.344 e.